The van der Waals surface area contributed by atoms with Crippen LogP contribution in [-0.4, -0.2) is 41.6 Å². The number of thioether (sulfide) groups is 1. The number of nitrogens with one attached hydrogen (secondary N) is 1. The van der Waals surface area contributed by atoms with Crippen molar-refractivity contribution in [2.24, 2.45) is 11.5 Å². The maximum Gasteiger partial charge on any atom is 0.314 e. The van der Waals surface area contributed by atoms with Crippen molar-refractivity contribution >= 4 is 29.3 Å². The molecule has 0 unspecified atom stereocenters. The van der Waals surface area contributed by atoms with Crippen LogP contribution in [-0.2, 0) is 9.59 Å². The standard InChI is InChI=1S/C19H17F2N3O4S/c1-10(16(23)25)29-15-14(22)12-8-11(2-3-13(12)28-9-19(15,20)21)4-5-18(27)6-7-24-17(18)26/h2-3,8,27H,1,6-7,9,22H2,(H2,23,25)(H,24,26)/t18-/m1/s1. The second-order valence-electron chi connectivity index (χ2n) is 6.45. The number of carbonyl (C=O) groups is 2. The summed E-state index contributed by atoms with van der Waals surface area (Å²) in [5.74, 6) is 0.254. The van der Waals surface area contributed by atoms with Gasteiger partial charge in [-0.2, -0.15) is 8.78 Å². The topological polar surface area (TPSA) is 128 Å². The highest BCUT2D eigenvalue weighted by molar-refractivity contribution is 8.07. The predicted molar refractivity (Wildman–Crippen MR) is 103 cm³/mol. The third-order valence-electron chi connectivity index (χ3n) is 4.32. The summed E-state index contributed by atoms with van der Waals surface area (Å²) in [6.07, 6.45) is 0.136. The van der Waals surface area contributed by atoms with Gasteiger partial charge in [-0.3, -0.25) is 9.59 Å². The first-order valence-corrected chi connectivity index (χ1v) is 9.21. The van der Waals surface area contributed by atoms with Gasteiger partial charge in [0.1, 0.15) is 5.75 Å². The van der Waals surface area contributed by atoms with E-state index in [9.17, 15) is 23.5 Å². The van der Waals surface area contributed by atoms with Gasteiger partial charge < -0.3 is 26.6 Å². The lowest BCUT2D eigenvalue weighted by molar-refractivity contribution is -0.130. The van der Waals surface area contributed by atoms with E-state index in [1.807, 2.05) is 0 Å². The summed E-state index contributed by atoms with van der Waals surface area (Å²) in [7, 11) is 0. The number of rotatable bonds is 3. The number of primary amides is 1. The van der Waals surface area contributed by atoms with Gasteiger partial charge in [-0.25, -0.2) is 0 Å². The number of hydrogen-bond donors (Lipinski definition) is 4. The van der Waals surface area contributed by atoms with Crippen LogP contribution < -0.4 is 21.5 Å². The van der Waals surface area contributed by atoms with Crippen molar-refractivity contribution in [1.29, 1.82) is 0 Å². The fourth-order valence-corrected chi connectivity index (χ4v) is 3.49. The Morgan fingerprint density at radius 2 is 2.14 bits per heavy atom. The van der Waals surface area contributed by atoms with Crippen LogP contribution in [0.2, 0.25) is 0 Å². The molecule has 10 heteroatoms. The molecule has 1 fully saturated rings. The van der Waals surface area contributed by atoms with Crippen LogP contribution in [0.5, 0.6) is 5.75 Å². The molecule has 2 heterocycles. The van der Waals surface area contributed by atoms with Crippen LogP contribution in [0.1, 0.15) is 17.5 Å². The van der Waals surface area contributed by atoms with E-state index in [4.69, 9.17) is 16.2 Å². The lowest BCUT2D eigenvalue weighted by Crippen LogP contribution is -2.36. The minimum absolute atomic E-state index is 0.102. The second-order valence-corrected chi connectivity index (χ2v) is 7.56. The molecular formula is C19H17F2N3O4S. The first-order chi connectivity index (χ1) is 13.5. The first kappa shape index (κ1) is 20.7. The Morgan fingerprint density at radius 1 is 1.41 bits per heavy atom. The first-order valence-electron chi connectivity index (χ1n) is 8.39. The monoisotopic (exact) mass is 421 g/mol. The highest BCUT2D eigenvalue weighted by atomic mass is 32.2. The molecule has 0 saturated carbocycles. The zero-order chi connectivity index (χ0) is 21.4. The number of nitrogens with two attached hydrogens (primary N) is 2. The molecule has 0 bridgehead atoms. The Balaban J connectivity index is 2.03. The molecule has 1 aromatic carbocycles. The third-order valence-corrected chi connectivity index (χ3v) is 5.49. The highest BCUT2D eigenvalue weighted by Crippen LogP contribution is 2.44. The Kier molecular flexibility index (Phi) is 5.30. The normalized spacial score (nSPS) is 22.5. The van der Waals surface area contributed by atoms with Gasteiger partial charge in [-0.1, -0.05) is 30.2 Å². The number of amides is 2. The summed E-state index contributed by atoms with van der Waals surface area (Å²) in [4.78, 5) is 22.0. The van der Waals surface area contributed by atoms with Crippen LogP contribution in [0.25, 0.3) is 5.70 Å². The molecular weight excluding hydrogens is 404 g/mol. The van der Waals surface area contributed by atoms with Crippen LogP contribution in [0.15, 0.2) is 34.6 Å². The van der Waals surface area contributed by atoms with Gasteiger partial charge in [-0.05, 0) is 18.2 Å². The summed E-state index contributed by atoms with van der Waals surface area (Å²) in [6.45, 7) is 2.69. The Hall–Kier alpha value is -3.03. The van der Waals surface area contributed by atoms with Crippen molar-refractivity contribution in [3.05, 3.63) is 45.7 Å². The minimum Gasteiger partial charge on any atom is -0.486 e. The molecule has 7 nitrogen and oxygen atoms in total. The summed E-state index contributed by atoms with van der Waals surface area (Å²) < 4.78 is 34.2. The Bertz CT molecular complexity index is 1010. The summed E-state index contributed by atoms with van der Waals surface area (Å²) in [5, 5.41) is 12.7. The summed E-state index contributed by atoms with van der Waals surface area (Å²) in [5.41, 5.74) is 9.43. The van der Waals surface area contributed by atoms with Gasteiger partial charge in [0.25, 0.3) is 11.8 Å². The zero-order valence-electron chi connectivity index (χ0n) is 15.1. The number of hydrogen-bond acceptors (Lipinski definition) is 6. The van der Waals surface area contributed by atoms with Gasteiger partial charge in [0, 0.05) is 24.1 Å². The van der Waals surface area contributed by atoms with Crippen molar-refractivity contribution in [1.82, 2.24) is 5.32 Å². The minimum atomic E-state index is -3.48. The van der Waals surface area contributed by atoms with Crippen molar-refractivity contribution in [3.8, 4) is 17.6 Å². The molecule has 152 valence electrons. The number of fused-ring (bicyclic) bond motifs is 1. The summed E-state index contributed by atoms with van der Waals surface area (Å²) in [6, 6.07) is 4.31. The highest BCUT2D eigenvalue weighted by Gasteiger charge is 2.42. The quantitative estimate of drug-likeness (QED) is 0.420. The molecule has 0 spiro atoms. The third kappa shape index (κ3) is 4.06. The number of ether oxygens (including phenoxy) is 1. The van der Waals surface area contributed by atoms with Crippen LogP contribution in [0.4, 0.5) is 8.78 Å². The SMILES string of the molecule is C=C(SC1=C(N)c2cc(C#C[C@@]3(O)CCNC3=O)ccc2OCC1(F)F)C(N)=O. The van der Waals surface area contributed by atoms with E-state index in [1.165, 1.54) is 18.2 Å². The number of benzene rings is 1. The average molecular weight is 421 g/mol. The number of alkyl halides is 2. The Labute approximate surface area is 169 Å². The van der Waals surface area contributed by atoms with Crippen molar-refractivity contribution < 1.29 is 28.2 Å². The average Bonchev–Trinajstić information content (AvgIpc) is 2.96. The Morgan fingerprint density at radius 3 is 2.76 bits per heavy atom. The predicted octanol–water partition coefficient (Wildman–Crippen LogP) is 0.676. The van der Waals surface area contributed by atoms with E-state index in [0.717, 1.165) is 0 Å². The maximum absolute atomic E-state index is 14.5. The van der Waals surface area contributed by atoms with Gasteiger partial charge in [0.15, 0.2) is 6.61 Å². The molecule has 1 aromatic rings. The number of aliphatic hydroxyl groups is 1. The molecule has 6 N–H and O–H groups in total. The van der Waals surface area contributed by atoms with E-state index in [-0.39, 0.29) is 28.3 Å². The smallest absolute Gasteiger partial charge is 0.314 e. The lowest BCUT2D eigenvalue weighted by Gasteiger charge is -2.18. The molecule has 3 rings (SSSR count). The van der Waals surface area contributed by atoms with Gasteiger partial charge >= 0.3 is 5.92 Å². The van der Waals surface area contributed by atoms with E-state index in [2.05, 4.69) is 23.7 Å². The molecule has 2 aliphatic rings. The van der Waals surface area contributed by atoms with Crippen molar-refractivity contribution in [2.45, 2.75) is 17.9 Å². The van der Waals surface area contributed by atoms with E-state index in [1.54, 1.807) is 0 Å². The molecule has 1 atom stereocenters. The fourth-order valence-electron chi connectivity index (χ4n) is 2.71. The lowest BCUT2D eigenvalue weighted by atomic mass is 10.0. The van der Waals surface area contributed by atoms with Gasteiger partial charge in [0.05, 0.1) is 15.5 Å². The molecule has 2 amide bonds. The fraction of sp³-hybridized carbons (Fsp3) is 0.263. The van der Waals surface area contributed by atoms with Crippen LogP contribution >= 0.6 is 11.8 Å². The van der Waals surface area contributed by atoms with Gasteiger partial charge in [-0.15, -0.1) is 0 Å². The van der Waals surface area contributed by atoms with E-state index in [0.29, 0.717) is 23.9 Å². The second kappa shape index (κ2) is 7.42. The molecule has 29 heavy (non-hydrogen) atoms. The van der Waals surface area contributed by atoms with Gasteiger partial charge in [0.2, 0.25) is 5.60 Å². The van der Waals surface area contributed by atoms with Crippen LogP contribution in [0, 0.1) is 11.8 Å². The van der Waals surface area contributed by atoms with Crippen molar-refractivity contribution in [3.63, 3.8) is 0 Å². The molecule has 2 aliphatic heterocycles. The van der Waals surface area contributed by atoms with E-state index >= 15 is 0 Å². The maximum atomic E-state index is 14.5. The van der Waals surface area contributed by atoms with Crippen LogP contribution in [0.3, 0.4) is 0 Å². The molecule has 1 saturated heterocycles. The summed E-state index contributed by atoms with van der Waals surface area (Å²) >= 11 is 0.387. The molecule has 0 radical (unpaired) electrons. The number of halogens is 2. The number of carbonyl (C=O) groups excluding carboxylic acids is 2. The molecule has 0 aromatic heterocycles. The zero-order valence-corrected chi connectivity index (χ0v) is 15.9. The van der Waals surface area contributed by atoms with Crippen molar-refractivity contribution in [2.75, 3.05) is 13.2 Å². The molecule has 0 aliphatic carbocycles. The largest absolute Gasteiger partial charge is 0.486 e. The van der Waals surface area contributed by atoms with E-state index < -0.39 is 34.8 Å².